The number of carbonyl (C=O) groups is 1. The molecule has 4 rings (SSSR count). The van der Waals surface area contributed by atoms with Crippen molar-refractivity contribution in [3.05, 3.63) is 88.1 Å². The molecule has 1 aromatic heterocycles. The average molecular weight is 440 g/mol. The molecule has 0 bridgehead atoms. The van der Waals surface area contributed by atoms with Crippen molar-refractivity contribution in [2.75, 3.05) is 19.6 Å². The number of rotatable bonds is 7. The molecule has 1 atom stereocenters. The van der Waals surface area contributed by atoms with Gasteiger partial charge in [0.25, 0.3) is 0 Å². The summed E-state index contributed by atoms with van der Waals surface area (Å²) >= 11 is 1.51. The minimum absolute atomic E-state index is 0.0800. The Morgan fingerprint density at radius 3 is 2.55 bits per heavy atom. The van der Waals surface area contributed by atoms with Gasteiger partial charge in [-0.05, 0) is 30.0 Å². The van der Waals surface area contributed by atoms with Gasteiger partial charge in [0.1, 0.15) is 16.9 Å². The molecule has 1 fully saturated rings. The Balaban J connectivity index is 1.34. The average Bonchev–Trinajstić information content (AvgIpc) is 3.31. The van der Waals surface area contributed by atoms with Gasteiger partial charge >= 0.3 is 0 Å². The molecule has 1 amide bonds. The third kappa shape index (κ3) is 5.55. The van der Waals surface area contributed by atoms with Gasteiger partial charge in [0.2, 0.25) is 5.91 Å². The molecule has 31 heavy (non-hydrogen) atoms. The van der Waals surface area contributed by atoms with Crippen LogP contribution >= 0.6 is 11.3 Å². The van der Waals surface area contributed by atoms with Crippen LogP contribution in [0.4, 0.5) is 4.39 Å². The molecule has 0 radical (unpaired) electrons. The van der Waals surface area contributed by atoms with Gasteiger partial charge in [0.15, 0.2) is 0 Å². The highest BCUT2D eigenvalue weighted by molar-refractivity contribution is 7.09. The minimum Gasteiger partial charge on any atom is -0.389 e. The maximum absolute atomic E-state index is 14.0. The molecule has 3 aromatic rings. The monoisotopic (exact) mass is 439 g/mol. The highest BCUT2D eigenvalue weighted by Gasteiger charge is 2.34. The lowest BCUT2D eigenvalue weighted by Gasteiger charge is -2.38. The lowest BCUT2D eigenvalue weighted by molar-refractivity contribution is -0.124. The molecule has 2 aromatic carbocycles. The molecule has 162 valence electrons. The molecule has 1 aliphatic rings. The standard InChI is InChI=1S/C24H26FN3O2S/c25-20-9-5-4-8-19(20)16-24(30)10-13-28(14-11-24)17-21(29)27-22(23-26-12-15-31-23)18-6-2-1-3-7-18/h1-9,12,15,22,30H,10-11,13-14,16-17H2,(H,27,29). The molecule has 1 unspecified atom stereocenters. The molecule has 2 heterocycles. The highest BCUT2D eigenvalue weighted by atomic mass is 32.1. The van der Waals surface area contributed by atoms with Crippen LogP contribution in [0.3, 0.4) is 0 Å². The molecule has 7 heteroatoms. The Morgan fingerprint density at radius 2 is 1.87 bits per heavy atom. The number of hydrogen-bond donors (Lipinski definition) is 2. The first-order valence-electron chi connectivity index (χ1n) is 10.4. The fourth-order valence-electron chi connectivity index (χ4n) is 4.02. The Labute approximate surface area is 185 Å². The number of nitrogens with zero attached hydrogens (tertiary/aromatic N) is 2. The van der Waals surface area contributed by atoms with E-state index in [1.165, 1.54) is 17.4 Å². The summed E-state index contributed by atoms with van der Waals surface area (Å²) in [4.78, 5) is 19.2. The summed E-state index contributed by atoms with van der Waals surface area (Å²) in [5.74, 6) is -0.365. The number of halogens is 1. The number of hydrogen-bond acceptors (Lipinski definition) is 5. The quantitative estimate of drug-likeness (QED) is 0.591. The molecular formula is C24H26FN3O2S. The van der Waals surface area contributed by atoms with Crippen molar-refractivity contribution in [3.63, 3.8) is 0 Å². The second-order valence-electron chi connectivity index (χ2n) is 8.05. The van der Waals surface area contributed by atoms with Crippen LogP contribution < -0.4 is 5.32 Å². The Bertz CT molecular complexity index is 989. The predicted molar refractivity (Wildman–Crippen MR) is 119 cm³/mol. The molecule has 5 nitrogen and oxygen atoms in total. The van der Waals surface area contributed by atoms with Crippen molar-refractivity contribution in [3.8, 4) is 0 Å². The van der Waals surface area contributed by atoms with Crippen molar-refractivity contribution in [1.29, 1.82) is 0 Å². The topological polar surface area (TPSA) is 65.5 Å². The van der Waals surface area contributed by atoms with Crippen molar-refractivity contribution < 1.29 is 14.3 Å². The summed E-state index contributed by atoms with van der Waals surface area (Å²) in [5, 5.41) is 16.8. The fraction of sp³-hybridized carbons (Fsp3) is 0.333. The van der Waals surface area contributed by atoms with Crippen LogP contribution in [0.25, 0.3) is 0 Å². The van der Waals surface area contributed by atoms with Crippen LogP contribution in [0.1, 0.15) is 35.0 Å². The summed E-state index contributed by atoms with van der Waals surface area (Å²) < 4.78 is 14.0. The van der Waals surface area contributed by atoms with Crippen molar-refractivity contribution in [2.24, 2.45) is 0 Å². The first-order valence-corrected chi connectivity index (χ1v) is 11.3. The van der Waals surface area contributed by atoms with Crippen LogP contribution in [0, 0.1) is 5.82 Å². The van der Waals surface area contributed by atoms with E-state index in [-0.39, 0.29) is 24.3 Å². The van der Waals surface area contributed by atoms with Crippen LogP contribution in [0.15, 0.2) is 66.2 Å². The van der Waals surface area contributed by atoms with Crippen LogP contribution in [-0.4, -0.2) is 46.1 Å². The third-order valence-electron chi connectivity index (χ3n) is 5.77. The van der Waals surface area contributed by atoms with Gasteiger partial charge in [-0.25, -0.2) is 9.37 Å². The molecule has 1 saturated heterocycles. The number of amides is 1. The lowest BCUT2D eigenvalue weighted by Crippen LogP contribution is -2.49. The zero-order valence-corrected chi connectivity index (χ0v) is 18.0. The largest absolute Gasteiger partial charge is 0.389 e. The summed E-state index contributed by atoms with van der Waals surface area (Å²) in [5.41, 5.74) is 0.580. The maximum atomic E-state index is 14.0. The molecule has 0 spiro atoms. The Hall–Kier alpha value is -2.61. The van der Waals surface area contributed by atoms with Crippen molar-refractivity contribution in [1.82, 2.24) is 15.2 Å². The fourth-order valence-corrected chi connectivity index (χ4v) is 4.73. The van der Waals surface area contributed by atoms with E-state index in [9.17, 15) is 14.3 Å². The summed E-state index contributed by atoms with van der Waals surface area (Å²) in [6.07, 6.45) is 3.04. The van der Waals surface area contributed by atoms with Crippen LogP contribution in [-0.2, 0) is 11.2 Å². The Kier molecular flexibility index (Phi) is 6.75. The number of piperidine rings is 1. The van der Waals surface area contributed by atoms with E-state index in [0.29, 0.717) is 37.9 Å². The first-order chi connectivity index (χ1) is 15.0. The molecular weight excluding hydrogens is 413 g/mol. The summed E-state index contributed by atoms with van der Waals surface area (Å²) in [6.45, 7) is 1.43. The van der Waals surface area contributed by atoms with E-state index in [0.717, 1.165) is 10.6 Å². The van der Waals surface area contributed by atoms with E-state index < -0.39 is 5.60 Å². The van der Waals surface area contributed by atoms with Gasteiger partial charge < -0.3 is 10.4 Å². The van der Waals surface area contributed by atoms with E-state index in [1.54, 1.807) is 24.4 Å². The van der Waals surface area contributed by atoms with Gasteiger partial charge in [-0.2, -0.15) is 0 Å². The van der Waals surface area contributed by atoms with Gasteiger partial charge in [0.05, 0.1) is 12.1 Å². The number of aromatic nitrogens is 1. The van der Waals surface area contributed by atoms with Gasteiger partial charge in [-0.15, -0.1) is 11.3 Å². The number of aliphatic hydroxyl groups is 1. The first kappa shape index (κ1) is 21.6. The van der Waals surface area contributed by atoms with Crippen LogP contribution in [0.5, 0.6) is 0 Å². The molecule has 0 saturated carbocycles. The van der Waals surface area contributed by atoms with E-state index >= 15 is 0 Å². The van der Waals surface area contributed by atoms with Crippen molar-refractivity contribution in [2.45, 2.75) is 30.9 Å². The van der Waals surface area contributed by atoms with Crippen molar-refractivity contribution >= 4 is 17.2 Å². The number of benzene rings is 2. The highest BCUT2D eigenvalue weighted by Crippen LogP contribution is 2.28. The maximum Gasteiger partial charge on any atom is 0.235 e. The lowest BCUT2D eigenvalue weighted by atomic mass is 9.85. The van der Waals surface area contributed by atoms with E-state index in [4.69, 9.17) is 0 Å². The van der Waals surface area contributed by atoms with Gasteiger partial charge in [0, 0.05) is 31.1 Å². The normalized spacial score (nSPS) is 17.2. The molecule has 1 aliphatic heterocycles. The second kappa shape index (κ2) is 9.68. The molecule has 0 aliphatic carbocycles. The third-order valence-corrected chi connectivity index (χ3v) is 6.61. The minimum atomic E-state index is -0.942. The Morgan fingerprint density at radius 1 is 1.16 bits per heavy atom. The molecule has 2 N–H and O–H groups in total. The predicted octanol–water partition coefficient (Wildman–Crippen LogP) is 3.56. The number of carbonyl (C=O) groups excluding carboxylic acids is 1. The summed E-state index contributed by atoms with van der Waals surface area (Å²) in [6, 6.07) is 16.1. The van der Waals surface area contributed by atoms with Crippen LogP contribution in [0.2, 0.25) is 0 Å². The van der Waals surface area contributed by atoms with Gasteiger partial charge in [-0.1, -0.05) is 48.5 Å². The number of nitrogens with one attached hydrogen (secondary N) is 1. The SMILES string of the molecule is O=C(CN1CCC(O)(Cc2ccccc2F)CC1)NC(c1ccccc1)c1nccs1. The smallest absolute Gasteiger partial charge is 0.235 e. The zero-order chi connectivity index (χ0) is 21.7. The van der Waals surface area contributed by atoms with Gasteiger partial charge in [-0.3, -0.25) is 9.69 Å². The summed E-state index contributed by atoms with van der Waals surface area (Å²) in [7, 11) is 0. The second-order valence-corrected chi connectivity index (χ2v) is 8.98. The zero-order valence-electron chi connectivity index (χ0n) is 17.2. The van der Waals surface area contributed by atoms with E-state index in [1.807, 2.05) is 40.6 Å². The van der Waals surface area contributed by atoms with E-state index in [2.05, 4.69) is 10.3 Å². The number of thiazole rings is 1. The number of likely N-dealkylation sites (tertiary alicyclic amines) is 1.